The molecule has 3 rings (SSSR count). The number of carbonyl (C=O) groups is 2. The van der Waals surface area contributed by atoms with Gasteiger partial charge >= 0.3 is 0 Å². The van der Waals surface area contributed by atoms with E-state index in [1.165, 1.54) is 0 Å². The highest BCUT2D eigenvalue weighted by molar-refractivity contribution is 6.23. The summed E-state index contributed by atoms with van der Waals surface area (Å²) in [6.07, 6.45) is 4.55. The van der Waals surface area contributed by atoms with Gasteiger partial charge in [-0.3, -0.25) is 14.6 Å². The summed E-state index contributed by atoms with van der Waals surface area (Å²) in [5.41, 5.74) is 2.12. The first-order chi connectivity index (χ1) is 13.2. The largest absolute Gasteiger partial charge is 0.511 e. The van der Waals surface area contributed by atoms with Crippen LogP contribution in [0.2, 0.25) is 0 Å². The van der Waals surface area contributed by atoms with Crippen molar-refractivity contribution in [1.82, 2.24) is 5.16 Å². The molecule has 152 valence electrons. The zero-order valence-electron chi connectivity index (χ0n) is 17.3. The van der Waals surface area contributed by atoms with Crippen LogP contribution in [0.15, 0.2) is 20.8 Å². The fourth-order valence-corrected chi connectivity index (χ4v) is 3.99. The summed E-state index contributed by atoms with van der Waals surface area (Å²) in [6, 6.07) is 0.0543. The van der Waals surface area contributed by atoms with Gasteiger partial charge in [-0.25, -0.2) is 0 Å². The van der Waals surface area contributed by atoms with Crippen LogP contribution in [0.5, 0.6) is 0 Å². The van der Waals surface area contributed by atoms with Crippen molar-refractivity contribution in [2.75, 3.05) is 0 Å². The van der Waals surface area contributed by atoms with Crippen molar-refractivity contribution in [1.29, 1.82) is 0 Å². The molecule has 0 saturated carbocycles. The van der Waals surface area contributed by atoms with Gasteiger partial charge in [-0.1, -0.05) is 25.9 Å². The van der Waals surface area contributed by atoms with Gasteiger partial charge in [0.15, 0.2) is 11.6 Å². The second-order valence-corrected chi connectivity index (χ2v) is 8.80. The molecule has 6 nitrogen and oxygen atoms in total. The summed E-state index contributed by atoms with van der Waals surface area (Å²) in [5.74, 6) is 0.815. The molecule has 1 heterocycles. The molecule has 1 aromatic heterocycles. The highest BCUT2D eigenvalue weighted by atomic mass is 16.5. The topological polar surface area (TPSA) is 92.8 Å². The second-order valence-electron chi connectivity index (χ2n) is 8.80. The number of aliphatic hydroxyl groups is 1. The summed E-state index contributed by atoms with van der Waals surface area (Å²) in [5, 5.41) is 14.5. The number of hydrogen-bond donors (Lipinski definition) is 1. The van der Waals surface area contributed by atoms with Crippen LogP contribution in [0.3, 0.4) is 0 Å². The maximum absolute atomic E-state index is 12.6. The van der Waals surface area contributed by atoms with Gasteiger partial charge in [-0.15, -0.1) is 0 Å². The number of aliphatic imine (C=N–C) groups is 1. The number of aliphatic hydroxyl groups excluding tert-OH is 1. The molecular formula is C22H30N2O4. The normalized spacial score (nSPS) is 21.1. The van der Waals surface area contributed by atoms with E-state index in [0.717, 1.165) is 6.42 Å². The molecule has 1 atom stereocenters. The van der Waals surface area contributed by atoms with E-state index in [1.807, 2.05) is 13.8 Å². The molecule has 6 heteroatoms. The van der Waals surface area contributed by atoms with Crippen LogP contribution in [0.1, 0.15) is 88.0 Å². The summed E-state index contributed by atoms with van der Waals surface area (Å²) < 4.78 is 5.48. The van der Waals surface area contributed by atoms with Crippen LogP contribution in [0.4, 0.5) is 0 Å². The summed E-state index contributed by atoms with van der Waals surface area (Å²) in [4.78, 5) is 29.8. The molecule has 0 spiro atoms. The SMILES string of the molecule is CCC(C)N=C(CCc1noc2c1C(=O)CC(C)(C)C2)C1=C(O)CCCC1=O. The van der Waals surface area contributed by atoms with Crippen molar-refractivity contribution in [3.8, 4) is 0 Å². The van der Waals surface area contributed by atoms with Gasteiger partial charge in [-0.2, -0.15) is 0 Å². The van der Waals surface area contributed by atoms with Gasteiger partial charge in [0.2, 0.25) is 0 Å². The Bertz CT molecular complexity index is 845. The minimum Gasteiger partial charge on any atom is -0.511 e. The maximum atomic E-state index is 12.6. The zero-order chi connectivity index (χ0) is 20.5. The fraction of sp³-hybridized carbons (Fsp3) is 0.636. The Morgan fingerprint density at radius 2 is 2.00 bits per heavy atom. The molecule has 0 aromatic carbocycles. The van der Waals surface area contributed by atoms with Crippen LogP contribution in [0.25, 0.3) is 0 Å². The monoisotopic (exact) mass is 386 g/mol. The Kier molecular flexibility index (Phi) is 5.87. The third-order valence-corrected chi connectivity index (χ3v) is 5.63. The predicted octanol–water partition coefficient (Wildman–Crippen LogP) is 4.57. The van der Waals surface area contributed by atoms with Crippen LogP contribution in [-0.2, 0) is 17.6 Å². The first-order valence-electron chi connectivity index (χ1n) is 10.2. The first kappa shape index (κ1) is 20.5. The average Bonchev–Trinajstić information content (AvgIpc) is 3.00. The number of aryl methyl sites for hydroxylation is 1. The lowest BCUT2D eigenvalue weighted by Crippen LogP contribution is -2.26. The Labute approximate surface area is 166 Å². The van der Waals surface area contributed by atoms with E-state index in [-0.39, 0.29) is 28.8 Å². The van der Waals surface area contributed by atoms with Gasteiger partial charge in [0.05, 0.1) is 16.8 Å². The Morgan fingerprint density at radius 3 is 2.68 bits per heavy atom. The Morgan fingerprint density at radius 1 is 1.25 bits per heavy atom. The van der Waals surface area contributed by atoms with Gasteiger partial charge in [0, 0.05) is 37.4 Å². The molecule has 1 aromatic rings. The van der Waals surface area contributed by atoms with Crippen molar-refractivity contribution < 1.29 is 19.2 Å². The lowest BCUT2D eigenvalue weighted by atomic mass is 9.76. The van der Waals surface area contributed by atoms with Crippen LogP contribution in [-0.4, -0.2) is 33.6 Å². The zero-order valence-corrected chi connectivity index (χ0v) is 17.3. The molecule has 1 N–H and O–H groups in total. The first-order valence-corrected chi connectivity index (χ1v) is 10.2. The minimum atomic E-state index is -0.116. The molecular weight excluding hydrogens is 356 g/mol. The predicted molar refractivity (Wildman–Crippen MR) is 107 cm³/mol. The molecule has 0 radical (unpaired) electrons. The highest BCUT2D eigenvalue weighted by Gasteiger charge is 2.36. The van der Waals surface area contributed by atoms with E-state index in [9.17, 15) is 14.7 Å². The summed E-state index contributed by atoms with van der Waals surface area (Å²) >= 11 is 0. The van der Waals surface area contributed by atoms with E-state index in [4.69, 9.17) is 9.52 Å². The molecule has 0 aliphatic heterocycles. The molecule has 28 heavy (non-hydrogen) atoms. The molecule has 0 amide bonds. The minimum absolute atomic E-state index is 0.0502. The Balaban J connectivity index is 1.87. The molecule has 2 aliphatic rings. The van der Waals surface area contributed by atoms with E-state index in [0.29, 0.717) is 73.2 Å². The van der Waals surface area contributed by atoms with Gasteiger partial charge in [0.25, 0.3) is 0 Å². The van der Waals surface area contributed by atoms with Crippen molar-refractivity contribution in [2.45, 2.75) is 85.1 Å². The van der Waals surface area contributed by atoms with Crippen molar-refractivity contribution in [3.05, 3.63) is 28.3 Å². The molecule has 2 aliphatic carbocycles. The van der Waals surface area contributed by atoms with Crippen molar-refractivity contribution in [3.63, 3.8) is 0 Å². The van der Waals surface area contributed by atoms with Crippen LogP contribution in [0, 0.1) is 5.41 Å². The van der Waals surface area contributed by atoms with E-state index in [2.05, 4.69) is 19.0 Å². The number of aromatic nitrogens is 1. The standard InChI is InChI=1S/C22H30N2O4/c1-5-13(2)23-14(20-16(25)7-6-8-17(20)26)9-10-15-21-18(27)11-22(3,4)12-19(21)28-24-15/h13,25H,5-12H2,1-4H3. The Hall–Kier alpha value is -2.24. The number of nitrogens with zero attached hydrogens (tertiary/aromatic N) is 2. The van der Waals surface area contributed by atoms with Crippen LogP contribution >= 0.6 is 0 Å². The van der Waals surface area contributed by atoms with E-state index >= 15 is 0 Å². The third kappa shape index (κ3) is 4.26. The van der Waals surface area contributed by atoms with Gasteiger partial charge < -0.3 is 9.63 Å². The van der Waals surface area contributed by atoms with Gasteiger partial charge in [0.1, 0.15) is 11.5 Å². The molecule has 0 fully saturated rings. The number of hydrogen-bond acceptors (Lipinski definition) is 6. The van der Waals surface area contributed by atoms with Crippen molar-refractivity contribution in [2.24, 2.45) is 10.4 Å². The third-order valence-electron chi connectivity index (χ3n) is 5.63. The number of fused-ring (bicyclic) bond motifs is 1. The quantitative estimate of drug-likeness (QED) is 0.723. The van der Waals surface area contributed by atoms with Crippen LogP contribution < -0.4 is 0 Å². The van der Waals surface area contributed by atoms with Crippen molar-refractivity contribution >= 4 is 17.3 Å². The number of carbonyl (C=O) groups excluding carboxylic acids is 2. The number of rotatable bonds is 6. The fourth-order valence-electron chi connectivity index (χ4n) is 3.99. The lowest BCUT2D eigenvalue weighted by Gasteiger charge is -2.26. The molecule has 0 saturated heterocycles. The average molecular weight is 386 g/mol. The smallest absolute Gasteiger partial charge is 0.168 e. The van der Waals surface area contributed by atoms with E-state index in [1.54, 1.807) is 0 Å². The number of allylic oxidation sites excluding steroid dienone is 2. The lowest BCUT2D eigenvalue weighted by molar-refractivity contribution is -0.115. The van der Waals surface area contributed by atoms with Gasteiger partial charge in [-0.05, 0) is 38.0 Å². The molecule has 1 unspecified atom stereocenters. The maximum Gasteiger partial charge on any atom is 0.168 e. The highest BCUT2D eigenvalue weighted by Crippen LogP contribution is 2.36. The molecule has 0 bridgehead atoms. The second kappa shape index (κ2) is 8.02. The van der Waals surface area contributed by atoms with E-state index < -0.39 is 0 Å². The summed E-state index contributed by atoms with van der Waals surface area (Å²) in [7, 11) is 0. The number of Topliss-reactive ketones (excluding diaryl/α,β-unsaturated/α-hetero) is 2. The summed E-state index contributed by atoms with van der Waals surface area (Å²) in [6.45, 7) is 8.14. The number of ketones is 2.